The van der Waals surface area contributed by atoms with Crippen LogP contribution >= 0.6 is 0 Å². The van der Waals surface area contributed by atoms with Crippen molar-refractivity contribution in [3.05, 3.63) is 36.5 Å². The number of aliphatic hydroxyl groups is 1. The predicted molar refractivity (Wildman–Crippen MR) is 210 cm³/mol. The third-order valence-corrected chi connectivity index (χ3v) is 9.19. The smallest absolute Gasteiger partial charge is 0.306 e. The second-order valence-corrected chi connectivity index (χ2v) is 14.1. The van der Waals surface area contributed by atoms with Gasteiger partial charge in [-0.15, -0.1) is 0 Å². The summed E-state index contributed by atoms with van der Waals surface area (Å²) in [6.07, 6.45) is 52.0. The summed E-state index contributed by atoms with van der Waals surface area (Å²) in [4.78, 5) is 12.2. The van der Waals surface area contributed by atoms with Crippen LogP contribution in [0.5, 0.6) is 0 Å². The van der Waals surface area contributed by atoms with Crippen molar-refractivity contribution in [2.24, 2.45) is 0 Å². The summed E-state index contributed by atoms with van der Waals surface area (Å²) < 4.78 is 11.2. The average molecular weight is 675 g/mol. The normalized spacial score (nSPS) is 12.6. The fraction of sp³-hybridized carbons (Fsp3) is 0.841. The van der Waals surface area contributed by atoms with Gasteiger partial charge in [-0.2, -0.15) is 0 Å². The van der Waals surface area contributed by atoms with Gasteiger partial charge in [0.2, 0.25) is 0 Å². The number of hydrogen-bond acceptors (Lipinski definition) is 4. The van der Waals surface area contributed by atoms with Gasteiger partial charge in [0.15, 0.2) is 0 Å². The topological polar surface area (TPSA) is 55.8 Å². The Morgan fingerprint density at radius 3 is 1.35 bits per heavy atom. The second kappa shape index (κ2) is 41.8. The lowest BCUT2D eigenvalue weighted by molar-refractivity contribution is -0.154. The molecule has 0 spiro atoms. The van der Waals surface area contributed by atoms with Crippen LogP contribution < -0.4 is 0 Å². The number of aliphatic hydroxyl groups excluding tert-OH is 1. The molecule has 1 N–H and O–H groups in total. The molecule has 0 radical (unpaired) electrons. The molecule has 282 valence electrons. The van der Waals surface area contributed by atoms with E-state index in [-0.39, 0.29) is 12.6 Å². The minimum atomic E-state index is -0.538. The van der Waals surface area contributed by atoms with Crippen LogP contribution in [-0.4, -0.2) is 37.0 Å². The molecule has 0 bridgehead atoms. The molecular weight excluding hydrogens is 592 g/mol. The van der Waals surface area contributed by atoms with Crippen LogP contribution in [0.15, 0.2) is 36.5 Å². The number of unbranched alkanes of at least 4 members (excludes halogenated alkanes) is 25. The maximum Gasteiger partial charge on any atom is 0.306 e. The average Bonchev–Trinajstić information content (AvgIpc) is 3.09. The Labute approximate surface area is 300 Å². The fourth-order valence-electron chi connectivity index (χ4n) is 6.00. The SMILES string of the molecule is CCCCC/C=C\C/C=C\CCCCCCCCCCCCOCC(CO)OC(=O)CCCCCCC/C=C\CCCCCCCCC. The van der Waals surface area contributed by atoms with Crippen LogP contribution in [0.2, 0.25) is 0 Å². The quantitative estimate of drug-likeness (QED) is 0.0400. The Bertz CT molecular complexity index is 713. The van der Waals surface area contributed by atoms with Crippen LogP contribution in [0.25, 0.3) is 0 Å². The highest BCUT2D eigenvalue weighted by Gasteiger charge is 2.13. The van der Waals surface area contributed by atoms with Gasteiger partial charge in [-0.05, 0) is 70.6 Å². The van der Waals surface area contributed by atoms with Gasteiger partial charge in [-0.25, -0.2) is 0 Å². The van der Waals surface area contributed by atoms with Crippen LogP contribution in [0.3, 0.4) is 0 Å². The molecule has 0 amide bonds. The number of carbonyl (C=O) groups is 1. The number of esters is 1. The predicted octanol–water partition coefficient (Wildman–Crippen LogP) is 13.7. The molecule has 0 rings (SSSR count). The zero-order valence-corrected chi connectivity index (χ0v) is 32.3. The highest BCUT2D eigenvalue weighted by molar-refractivity contribution is 5.69. The minimum Gasteiger partial charge on any atom is -0.457 e. The van der Waals surface area contributed by atoms with Crippen LogP contribution in [0, 0.1) is 0 Å². The summed E-state index contributed by atoms with van der Waals surface area (Å²) in [7, 11) is 0. The standard InChI is InChI=1S/C44H82O4/c1-3-5-7-9-11-13-15-17-19-21-22-23-24-26-28-30-32-34-36-38-40-47-42-43(41-45)48-44(46)39-37-35-33-31-29-27-25-20-18-16-14-12-10-8-6-4-2/h11,13,17,19-20,25,43,45H,3-10,12,14-16,18,21-24,26-42H2,1-2H3/b13-11-,19-17-,25-20-. The van der Waals surface area contributed by atoms with E-state index >= 15 is 0 Å². The molecule has 1 atom stereocenters. The third-order valence-electron chi connectivity index (χ3n) is 9.19. The van der Waals surface area contributed by atoms with Crippen molar-refractivity contribution in [2.45, 2.75) is 219 Å². The lowest BCUT2D eigenvalue weighted by Gasteiger charge is -2.15. The number of allylic oxidation sites excluding steroid dienone is 6. The van der Waals surface area contributed by atoms with Gasteiger partial charge in [-0.1, -0.05) is 172 Å². The van der Waals surface area contributed by atoms with Crippen molar-refractivity contribution < 1.29 is 19.4 Å². The van der Waals surface area contributed by atoms with Crippen LogP contribution in [-0.2, 0) is 14.3 Å². The summed E-state index contributed by atoms with van der Waals surface area (Å²) >= 11 is 0. The number of hydrogen-bond donors (Lipinski definition) is 1. The number of carbonyl (C=O) groups excluding carboxylic acids is 1. The summed E-state index contributed by atoms with van der Waals surface area (Å²) in [5.41, 5.74) is 0. The first-order chi connectivity index (χ1) is 23.7. The van der Waals surface area contributed by atoms with E-state index in [2.05, 4.69) is 50.3 Å². The van der Waals surface area contributed by atoms with E-state index in [1.807, 2.05) is 0 Å². The first-order valence-corrected chi connectivity index (χ1v) is 21.1. The van der Waals surface area contributed by atoms with E-state index < -0.39 is 6.10 Å². The molecule has 1 unspecified atom stereocenters. The molecular formula is C44H82O4. The molecule has 0 aromatic rings. The molecule has 0 aromatic heterocycles. The van der Waals surface area contributed by atoms with Gasteiger partial charge in [0.25, 0.3) is 0 Å². The summed E-state index contributed by atoms with van der Waals surface area (Å²) in [6, 6.07) is 0. The Kier molecular flexibility index (Phi) is 40.6. The molecule has 48 heavy (non-hydrogen) atoms. The van der Waals surface area contributed by atoms with E-state index in [0.717, 1.165) is 25.7 Å². The molecule has 0 fully saturated rings. The van der Waals surface area contributed by atoms with Crippen molar-refractivity contribution in [2.75, 3.05) is 19.8 Å². The maximum atomic E-state index is 12.2. The Morgan fingerprint density at radius 2 is 0.875 bits per heavy atom. The fourth-order valence-corrected chi connectivity index (χ4v) is 6.00. The lowest BCUT2D eigenvalue weighted by Crippen LogP contribution is -2.27. The first kappa shape index (κ1) is 46.6. The zero-order chi connectivity index (χ0) is 34.9. The van der Waals surface area contributed by atoms with E-state index in [1.54, 1.807) is 0 Å². The maximum absolute atomic E-state index is 12.2. The van der Waals surface area contributed by atoms with E-state index in [9.17, 15) is 9.90 Å². The summed E-state index contributed by atoms with van der Waals surface area (Å²) in [6.45, 7) is 5.32. The van der Waals surface area contributed by atoms with Gasteiger partial charge in [0.05, 0.1) is 13.2 Å². The molecule has 0 aliphatic heterocycles. The van der Waals surface area contributed by atoms with Gasteiger partial charge >= 0.3 is 5.97 Å². The minimum absolute atomic E-state index is 0.175. The lowest BCUT2D eigenvalue weighted by atomic mass is 10.1. The largest absolute Gasteiger partial charge is 0.457 e. The molecule has 4 heteroatoms. The molecule has 0 heterocycles. The zero-order valence-electron chi connectivity index (χ0n) is 32.3. The van der Waals surface area contributed by atoms with Crippen LogP contribution in [0.1, 0.15) is 213 Å². The van der Waals surface area contributed by atoms with Gasteiger partial charge in [0, 0.05) is 13.0 Å². The second-order valence-electron chi connectivity index (χ2n) is 14.1. The van der Waals surface area contributed by atoms with Crippen molar-refractivity contribution in [1.82, 2.24) is 0 Å². The Balaban J connectivity index is 3.43. The van der Waals surface area contributed by atoms with Crippen molar-refractivity contribution in [3.63, 3.8) is 0 Å². The molecule has 0 saturated heterocycles. The van der Waals surface area contributed by atoms with Crippen molar-refractivity contribution in [1.29, 1.82) is 0 Å². The molecule has 0 aromatic carbocycles. The molecule has 0 saturated carbocycles. The van der Waals surface area contributed by atoms with E-state index in [1.165, 1.54) is 167 Å². The Hall–Kier alpha value is -1.39. The number of rotatable bonds is 39. The summed E-state index contributed by atoms with van der Waals surface area (Å²) in [5, 5.41) is 9.59. The van der Waals surface area contributed by atoms with Gasteiger partial charge < -0.3 is 14.6 Å². The molecule has 0 aliphatic rings. The number of ether oxygens (including phenoxy) is 2. The highest BCUT2D eigenvalue weighted by atomic mass is 16.6. The van der Waals surface area contributed by atoms with Crippen LogP contribution in [0.4, 0.5) is 0 Å². The monoisotopic (exact) mass is 675 g/mol. The molecule has 4 nitrogen and oxygen atoms in total. The van der Waals surface area contributed by atoms with Crippen molar-refractivity contribution in [3.8, 4) is 0 Å². The Morgan fingerprint density at radius 1 is 0.500 bits per heavy atom. The highest BCUT2D eigenvalue weighted by Crippen LogP contribution is 2.13. The van der Waals surface area contributed by atoms with E-state index in [0.29, 0.717) is 19.6 Å². The van der Waals surface area contributed by atoms with Crippen molar-refractivity contribution >= 4 is 5.97 Å². The summed E-state index contributed by atoms with van der Waals surface area (Å²) in [5.74, 6) is -0.209. The van der Waals surface area contributed by atoms with Gasteiger partial charge in [-0.3, -0.25) is 4.79 Å². The third kappa shape index (κ3) is 39.1. The first-order valence-electron chi connectivity index (χ1n) is 21.1. The molecule has 0 aliphatic carbocycles. The van der Waals surface area contributed by atoms with E-state index in [4.69, 9.17) is 9.47 Å². The van der Waals surface area contributed by atoms with Gasteiger partial charge in [0.1, 0.15) is 6.10 Å².